The molecule has 11 heteroatoms. The Bertz CT molecular complexity index is 1180. The van der Waals surface area contributed by atoms with E-state index in [2.05, 4.69) is 4.98 Å². The minimum absolute atomic E-state index is 0.0483. The number of nitrogens with zero attached hydrogens (tertiary/aromatic N) is 5. The first-order valence-corrected chi connectivity index (χ1v) is 13.9. The fourth-order valence-electron chi connectivity index (χ4n) is 5.79. The summed E-state index contributed by atoms with van der Waals surface area (Å²) in [6.45, 7) is 6.86. The number of hydrogen-bond donors (Lipinski definition) is 1. The third-order valence-corrected chi connectivity index (χ3v) is 7.62. The van der Waals surface area contributed by atoms with Crippen LogP contribution in [0.1, 0.15) is 56.6 Å². The first-order chi connectivity index (χ1) is 18.7. The Morgan fingerprint density at radius 1 is 1.15 bits per heavy atom. The number of imidazole rings is 1. The number of likely N-dealkylation sites (tertiary alicyclic amines) is 2. The molecule has 2 saturated heterocycles. The summed E-state index contributed by atoms with van der Waals surface area (Å²) in [4.78, 5) is 48.9. The predicted octanol–water partition coefficient (Wildman–Crippen LogP) is 3.69. The second-order valence-corrected chi connectivity index (χ2v) is 11.1. The second-order valence-electron chi connectivity index (χ2n) is 11.1. The molecular formula is C28H40FN5O5. The van der Waals surface area contributed by atoms with Gasteiger partial charge < -0.3 is 29.1 Å². The number of carbonyl (C=O) groups is 3. The number of rotatable bonds is 10. The number of ether oxygens (including phenoxy) is 1. The van der Waals surface area contributed by atoms with Crippen molar-refractivity contribution in [1.29, 1.82) is 0 Å². The monoisotopic (exact) mass is 545 g/mol. The van der Waals surface area contributed by atoms with E-state index in [0.717, 1.165) is 19.3 Å². The van der Waals surface area contributed by atoms with Crippen LogP contribution in [0, 0.1) is 17.7 Å². The molecule has 1 aromatic heterocycles. The molecule has 2 fully saturated rings. The molecule has 1 N–H and O–H groups in total. The Balaban J connectivity index is 1.68. The van der Waals surface area contributed by atoms with Crippen molar-refractivity contribution < 1.29 is 28.6 Å². The van der Waals surface area contributed by atoms with Gasteiger partial charge in [-0.1, -0.05) is 19.9 Å². The molecule has 0 spiro atoms. The highest BCUT2D eigenvalue weighted by atomic mass is 19.1. The molecule has 10 nitrogen and oxygen atoms in total. The molecule has 214 valence electrons. The molecule has 4 rings (SSSR count). The lowest BCUT2D eigenvalue weighted by Gasteiger charge is -2.42. The van der Waals surface area contributed by atoms with E-state index in [0.29, 0.717) is 51.1 Å². The van der Waals surface area contributed by atoms with E-state index in [1.807, 2.05) is 18.7 Å². The van der Waals surface area contributed by atoms with Gasteiger partial charge in [0, 0.05) is 53.0 Å². The molecule has 2 atom stereocenters. The highest BCUT2D eigenvalue weighted by Gasteiger charge is 2.41. The molecule has 1 aromatic carbocycles. The van der Waals surface area contributed by atoms with Gasteiger partial charge in [-0.05, 0) is 50.2 Å². The number of carbonyl (C=O) groups excluding carboxylic acids is 2. The second kappa shape index (κ2) is 12.8. The third kappa shape index (κ3) is 6.51. The van der Waals surface area contributed by atoms with Crippen molar-refractivity contribution in [2.24, 2.45) is 11.8 Å². The summed E-state index contributed by atoms with van der Waals surface area (Å²) >= 11 is 0. The Kier molecular flexibility index (Phi) is 9.42. The Labute approximate surface area is 228 Å². The van der Waals surface area contributed by atoms with E-state index in [9.17, 15) is 23.9 Å². The number of halogens is 1. The number of methoxy groups -OCH3 is 1. The van der Waals surface area contributed by atoms with Crippen molar-refractivity contribution in [3.05, 3.63) is 29.8 Å². The lowest BCUT2D eigenvalue weighted by atomic mass is 9.91. The van der Waals surface area contributed by atoms with Crippen molar-refractivity contribution >= 4 is 28.9 Å². The van der Waals surface area contributed by atoms with Crippen LogP contribution in [-0.2, 0) is 16.1 Å². The fourth-order valence-corrected chi connectivity index (χ4v) is 5.79. The number of para-hydroxylation sites is 1. The van der Waals surface area contributed by atoms with Crippen molar-refractivity contribution in [1.82, 2.24) is 24.3 Å². The molecule has 0 radical (unpaired) electrons. The van der Waals surface area contributed by atoms with Crippen molar-refractivity contribution in [3.8, 4) is 0 Å². The van der Waals surface area contributed by atoms with Crippen LogP contribution in [0.4, 0.5) is 9.18 Å². The predicted molar refractivity (Wildman–Crippen MR) is 144 cm³/mol. The molecule has 2 aliphatic rings. The highest BCUT2D eigenvalue weighted by Crippen LogP contribution is 2.28. The molecule has 2 aliphatic heterocycles. The molecule has 0 unspecified atom stereocenters. The molecule has 0 aliphatic carbocycles. The number of benzene rings is 1. The van der Waals surface area contributed by atoms with Gasteiger partial charge in [0.15, 0.2) is 5.82 Å². The van der Waals surface area contributed by atoms with Crippen LogP contribution in [0.25, 0.3) is 11.0 Å². The molecule has 39 heavy (non-hydrogen) atoms. The van der Waals surface area contributed by atoms with Gasteiger partial charge in [0.2, 0.25) is 5.91 Å². The molecule has 0 bridgehead atoms. The number of aromatic nitrogens is 2. The first-order valence-electron chi connectivity index (χ1n) is 13.9. The van der Waals surface area contributed by atoms with Gasteiger partial charge in [0.05, 0.1) is 17.5 Å². The van der Waals surface area contributed by atoms with Crippen LogP contribution in [-0.4, -0.2) is 99.7 Å². The molecule has 3 heterocycles. The summed E-state index contributed by atoms with van der Waals surface area (Å²) in [5.74, 6) is -1.19. The minimum atomic E-state index is -1.11. The number of carboxylic acid groups (broad SMARTS) is 1. The summed E-state index contributed by atoms with van der Waals surface area (Å²) in [5, 5.41) is 9.88. The number of amides is 3. The lowest BCUT2D eigenvalue weighted by molar-refractivity contribution is -0.136. The van der Waals surface area contributed by atoms with E-state index in [4.69, 9.17) is 4.74 Å². The molecule has 2 aromatic rings. The van der Waals surface area contributed by atoms with Crippen molar-refractivity contribution in [2.45, 2.75) is 58.5 Å². The van der Waals surface area contributed by atoms with Gasteiger partial charge in [-0.2, -0.15) is 0 Å². The lowest BCUT2D eigenvalue weighted by Crippen LogP contribution is -2.57. The quantitative estimate of drug-likeness (QED) is 0.456. The smallest absolute Gasteiger partial charge is 0.407 e. The van der Waals surface area contributed by atoms with Crippen molar-refractivity contribution in [2.75, 3.05) is 46.4 Å². The zero-order valence-electron chi connectivity index (χ0n) is 23.1. The van der Waals surface area contributed by atoms with E-state index in [1.54, 1.807) is 28.7 Å². The Hall–Kier alpha value is -3.21. The van der Waals surface area contributed by atoms with E-state index >= 15 is 0 Å². The molecule has 3 amide bonds. The Morgan fingerprint density at radius 2 is 1.90 bits per heavy atom. The van der Waals surface area contributed by atoms with Gasteiger partial charge in [0.1, 0.15) is 11.3 Å². The number of hydrogen-bond acceptors (Lipinski definition) is 5. The first kappa shape index (κ1) is 28.8. The van der Waals surface area contributed by atoms with Gasteiger partial charge in [-0.3, -0.25) is 9.59 Å². The summed E-state index contributed by atoms with van der Waals surface area (Å²) in [6.07, 6.45) is 2.56. The van der Waals surface area contributed by atoms with Gasteiger partial charge in [-0.25, -0.2) is 14.2 Å². The van der Waals surface area contributed by atoms with Crippen LogP contribution >= 0.6 is 0 Å². The van der Waals surface area contributed by atoms with Crippen LogP contribution in [0.5, 0.6) is 0 Å². The molecular weight excluding hydrogens is 505 g/mol. The van der Waals surface area contributed by atoms with Crippen LogP contribution in [0.15, 0.2) is 18.2 Å². The normalized spacial score (nSPS) is 19.7. The van der Waals surface area contributed by atoms with Gasteiger partial charge in [0.25, 0.3) is 5.91 Å². The number of unbranched alkanes of at least 4 members (excludes halogenated alkanes) is 1. The summed E-state index contributed by atoms with van der Waals surface area (Å²) < 4.78 is 21.8. The van der Waals surface area contributed by atoms with Crippen LogP contribution < -0.4 is 0 Å². The topological polar surface area (TPSA) is 108 Å². The summed E-state index contributed by atoms with van der Waals surface area (Å²) in [5.41, 5.74) is 0.674. The van der Waals surface area contributed by atoms with E-state index in [1.165, 1.54) is 11.0 Å². The third-order valence-electron chi connectivity index (χ3n) is 7.62. The highest BCUT2D eigenvalue weighted by molar-refractivity contribution is 5.95. The Morgan fingerprint density at radius 3 is 2.56 bits per heavy atom. The standard InChI is InChI=1S/C28H40FN5O5/c1-19(2)16-34(21-15-20(17-32(18-21)28(37)38)26(35)31-11-4-5-12-31)27(36)25-30-23-10-8-9-22(29)24(23)33(25)13-6-7-14-39-3/h8-10,19-21H,4-7,11-18H2,1-3H3,(H,37,38)/t20-,21+/m1/s1. The molecule has 0 saturated carbocycles. The maximum atomic E-state index is 15.0. The largest absolute Gasteiger partial charge is 0.465 e. The number of aryl methyl sites for hydroxylation is 1. The summed E-state index contributed by atoms with van der Waals surface area (Å²) in [7, 11) is 1.62. The van der Waals surface area contributed by atoms with E-state index in [-0.39, 0.29) is 42.2 Å². The van der Waals surface area contributed by atoms with Crippen molar-refractivity contribution in [3.63, 3.8) is 0 Å². The van der Waals surface area contributed by atoms with Gasteiger partial charge >= 0.3 is 6.09 Å². The maximum absolute atomic E-state index is 15.0. The maximum Gasteiger partial charge on any atom is 0.407 e. The fraction of sp³-hybridized carbons (Fsp3) is 0.643. The van der Waals surface area contributed by atoms with Crippen LogP contribution in [0.2, 0.25) is 0 Å². The summed E-state index contributed by atoms with van der Waals surface area (Å²) in [6, 6.07) is 4.11. The average molecular weight is 546 g/mol. The number of piperidine rings is 1. The van der Waals surface area contributed by atoms with Gasteiger partial charge in [-0.15, -0.1) is 0 Å². The van der Waals surface area contributed by atoms with Crippen LogP contribution in [0.3, 0.4) is 0 Å². The SMILES string of the molecule is COCCCCn1c(C(=O)N(CC(C)C)[C@H]2C[C@@H](C(=O)N3CCCC3)CN(C(=O)O)C2)nc2cccc(F)c21. The zero-order valence-corrected chi connectivity index (χ0v) is 23.1. The van der Waals surface area contributed by atoms with E-state index < -0.39 is 23.9 Å². The number of fused-ring (bicyclic) bond motifs is 1. The minimum Gasteiger partial charge on any atom is -0.465 e. The average Bonchev–Trinajstić information content (AvgIpc) is 3.58. The zero-order chi connectivity index (χ0) is 28.1.